The van der Waals surface area contributed by atoms with Crippen molar-refractivity contribution in [2.24, 2.45) is 226 Å². The molecule has 0 aromatic rings. The van der Waals surface area contributed by atoms with Gasteiger partial charge in [0.25, 0.3) is 0 Å². The van der Waals surface area contributed by atoms with E-state index < -0.39 is 23.4 Å². The lowest BCUT2D eigenvalue weighted by Gasteiger charge is -2.74. The summed E-state index contributed by atoms with van der Waals surface area (Å²) in [5.41, 5.74) is -2.64. The Kier molecular flexibility index (Phi) is 32.5. The monoisotopic (exact) mass is 2010 g/mol. The summed E-state index contributed by atoms with van der Waals surface area (Å²) in [7, 11) is 0. The molecule has 24 bridgehead atoms. The third kappa shape index (κ3) is 21.3. The first kappa shape index (κ1) is 113. The Hall–Kier alpha value is -3.79. The van der Waals surface area contributed by atoms with E-state index in [2.05, 4.69) is 76.2 Å². The van der Waals surface area contributed by atoms with Crippen LogP contribution in [0, 0.1) is 226 Å². The van der Waals surface area contributed by atoms with Crippen molar-refractivity contribution in [2.75, 3.05) is 0 Å². The Morgan fingerprint density at radius 3 is 1.28 bits per heavy atom. The normalized spacial score (nSPS) is 42.4. The van der Waals surface area contributed by atoms with E-state index in [1.54, 1.807) is 0 Å². The summed E-state index contributed by atoms with van der Waals surface area (Å²) in [5.74, 6) is 25.3. The first-order chi connectivity index (χ1) is 67.1. The molecule has 30 unspecified atom stereocenters. The van der Waals surface area contributed by atoms with Crippen molar-refractivity contribution in [3.05, 3.63) is 0 Å². The van der Waals surface area contributed by atoms with Crippen LogP contribution in [-0.4, -0.2) is 94.6 Å². The molecule has 25 aliphatic rings. The van der Waals surface area contributed by atoms with Gasteiger partial charge in [0.05, 0.1) is 49.6 Å². The maximum atomic E-state index is 12.9. The third-order valence-electron chi connectivity index (χ3n) is 48.7. The van der Waals surface area contributed by atoms with Crippen LogP contribution in [0.25, 0.3) is 0 Å². The summed E-state index contributed by atoms with van der Waals surface area (Å²) < 4.78 is 54.0. The molecule has 144 heavy (non-hydrogen) atoms. The first-order valence-corrected chi connectivity index (χ1v) is 61.1. The Morgan fingerprint density at radius 2 is 0.785 bits per heavy atom. The molecule has 0 aliphatic heterocycles. The maximum Gasteiger partial charge on any atom is 0.313 e. The quantitative estimate of drug-likeness (QED) is 0.0325. The lowest BCUT2D eigenvalue weighted by atomic mass is 9.33. The zero-order valence-electron chi connectivity index (χ0n) is 97.7. The summed E-state index contributed by atoms with van der Waals surface area (Å²) in [6.45, 7) is 66.4. The lowest BCUT2D eigenvalue weighted by Crippen LogP contribution is -2.72. The molecule has 0 N–H and O–H groups in total. The van der Waals surface area contributed by atoms with Gasteiger partial charge in [0, 0.05) is 23.7 Å². The average Bonchev–Trinajstić information content (AvgIpc) is 1.20. The fraction of sp³-hybridized carbons (Fsp3) is 0.945. The second-order valence-corrected chi connectivity index (χ2v) is 60.5. The van der Waals surface area contributed by atoms with Gasteiger partial charge in [-0.2, -0.15) is 0 Å². The Bertz CT molecular complexity index is 4450. The standard InChI is InChI=1S/C21H32O2.C21H36O2.C20H32O3.C19H30O2.C18H30O3.C16H28O2.C13H24O2/c1-5-20(2,3)19(22)23-21(4)12-9-14-13-6-11-7-16(14)18(21)17(8-11)15(13)10-12;1-8-18(3,4)17(22)23-20(7)11-12-21-13-16(20)19(5,6)15(21)10-9-14(21)2;1-5-20(3,4)19(21)23-11(2)22-16-10-14-9-15(16)18-13-7-6-12(8-13)17(14)18;1-5-18(2,3)17(20)21-19(4)10-13-9-14(19)16-12-7-6-11(8-12)15(13)16;1-5-17(3,4)16(19)20-12(2)21-18-9-13-6-14(10-18)8-15(7-13)11-18;1-6-15(2,3)14(17)18-16(4,5)13-10-11-7-8-12(13)9-11;1-5-13(3,4)12(14)15-10(2)11-8-6-7-9-11/h11-18H,5-10H2,1-4H3;14-16H,8-13H2,1-7H3;11-18H,5-10H2,1-4H3;11-16H,5-10H2,1-4H3;12-15H,5-11H2,1-4H3;11-13H,6-10H2,1-5H3;10-11H,5-9H2,1-4H3. The Labute approximate surface area is 876 Å². The van der Waals surface area contributed by atoms with Crippen LogP contribution in [0.3, 0.4) is 0 Å². The van der Waals surface area contributed by atoms with Gasteiger partial charge in [0.2, 0.25) is 6.29 Å². The van der Waals surface area contributed by atoms with Crippen LogP contribution in [-0.2, 0) is 76.2 Å². The van der Waals surface area contributed by atoms with Gasteiger partial charge >= 0.3 is 41.8 Å². The molecule has 25 aliphatic carbocycles. The maximum absolute atomic E-state index is 12.9. The summed E-state index contributed by atoms with van der Waals surface area (Å²) >= 11 is 0. The molecule has 0 radical (unpaired) electrons. The zero-order chi connectivity index (χ0) is 105. The molecule has 16 nitrogen and oxygen atoms in total. The predicted molar refractivity (Wildman–Crippen MR) is 571 cm³/mol. The molecule has 820 valence electrons. The van der Waals surface area contributed by atoms with Crippen LogP contribution in [0.15, 0.2) is 0 Å². The number of rotatable bonds is 27. The van der Waals surface area contributed by atoms with Gasteiger partial charge < -0.3 is 42.6 Å². The predicted octanol–water partition coefficient (Wildman–Crippen LogP) is 31.1. The van der Waals surface area contributed by atoms with Crippen molar-refractivity contribution in [1.29, 1.82) is 0 Å². The van der Waals surface area contributed by atoms with Crippen molar-refractivity contribution >= 4 is 41.8 Å². The summed E-state index contributed by atoms with van der Waals surface area (Å²) in [4.78, 5) is 86.7. The minimum absolute atomic E-state index is 0.000595. The second-order valence-electron chi connectivity index (χ2n) is 60.5. The lowest BCUT2D eigenvalue weighted by molar-refractivity contribution is -0.291. The van der Waals surface area contributed by atoms with Crippen molar-refractivity contribution in [3.8, 4) is 0 Å². The topological polar surface area (TPSA) is 203 Å². The number of fused-ring (bicyclic) bond motifs is 21. The third-order valence-corrected chi connectivity index (χ3v) is 48.7. The molecule has 1 spiro atoms. The first-order valence-electron chi connectivity index (χ1n) is 61.1. The van der Waals surface area contributed by atoms with Gasteiger partial charge in [-0.15, -0.1) is 0 Å². The summed E-state index contributed by atoms with van der Waals surface area (Å²) in [6, 6.07) is 0. The van der Waals surface area contributed by atoms with E-state index >= 15 is 0 Å². The molecule has 0 heterocycles. The Morgan fingerprint density at radius 1 is 0.340 bits per heavy atom. The van der Waals surface area contributed by atoms with E-state index in [0.717, 1.165) is 200 Å². The van der Waals surface area contributed by atoms with Gasteiger partial charge in [-0.05, 0) is 561 Å². The van der Waals surface area contributed by atoms with Crippen molar-refractivity contribution in [2.45, 2.75) is 538 Å². The highest BCUT2D eigenvalue weighted by atomic mass is 16.7. The van der Waals surface area contributed by atoms with Crippen LogP contribution < -0.4 is 0 Å². The second kappa shape index (κ2) is 41.5. The summed E-state index contributed by atoms with van der Waals surface area (Å²) in [6.07, 6.45) is 50.8. The average molecular weight is 2010 g/mol. The van der Waals surface area contributed by atoms with Crippen LogP contribution in [0.5, 0.6) is 0 Å². The molecular formula is C128H212O16. The van der Waals surface area contributed by atoms with Crippen molar-refractivity contribution in [3.63, 3.8) is 0 Å². The Balaban J connectivity index is 0.000000121. The van der Waals surface area contributed by atoms with E-state index in [1.807, 2.05) is 145 Å². The minimum atomic E-state index is -0.418. The number of hydrogen-bond donors (Lipinski definition) is 0. The van der Waals surface area contributed by atoms with Gasteiger partial charge in [0.15, 0.2) is 6.29 Å². The van der Waals surface area contributed by atoms with E-state index in [-0.39, 0.29) is 108 Å². The van der Waals surface area contributed by atoms with Gasteiger partial charge in [-0.1, -0.05) is 88.5 Å². The summed E-state index contributed by atoms with van der Waals surface area (Å²) in [5, 5.41) is 0. The fourth-order valence-electron chi connectivity index (χ4n) is 38.0. The van der Waals surface area contributed by atoms with Gasteiger partial charge in [0.1, 0.15) is 28.5 Å². The molecule has 0 saturated heterocycles. The largest absolute Gasteiger partial charge is 0.462 e. The number of hydrogen-bond acceptors (Lipinski definition) is 16. The van der Waals surface area contributed by atoms with Crippen molar-refractivity contribution < 1.29 is 76.2 Å². The molecule has 0 aromatic carbocycles. The van der Waals surface area contributed by atoms with Gasteiger partial charge in [-0.3, -0.25) is 33.6 Å². The van der Waals surface area contributed by atoms with Crippen LogP contribution in [0.4, 0.5) is 0 Å². The zero-order valence-corrected chi connectivity index (χ0v) is 97.7. The van der Waals surface area contributed by atoms with E-state index in [4.69, 9.17) is 42.6 Å². The minimum Gasteiger partial charge on any atom is -0.462 e. The molecule has 25 rings (SSSR count). The molecule has 30 atom stereocenters. The van der Waals surface area contributed by atoms with Crippen LogP contribution >= 0.6 is 0 Å². The number of carbonyl (C=O) groups is 7. The van der Waals surface area contributed by atoms with Gasteiger partial charge in [-0.25, -0.2) is 0 Å². The molecule has 16 heteroatoms. The highest BCUT2D eigenvalue weighted by Gasteiger charge is 2.74. The molecule has 0 amide bonds. The molecular weight excluding hydrogens is 1790 g/mol. The van der Waals surface area contributed by atoms with E-state index in [1.165, 1.54) is 205 Å². The van der Waals surface area contributed by atoms with Crippen molar-refractivity contribution in [1.82, 2.24) is 0 Å². The fourth-order valence-corrected chi connectivity index (χ4v) is 38.0. The highest BCUT2D eigenvalue weighted by Crippen LogP contribution is 2.78. The molecule has 25 fully saturated rings. The molecule has 25 saturated carbocycles. The van der Waals surface area contributed by atoms with E-state index in [0.29, 0.717) is 47.0 Å². The number of carbonyl (C=O) groups excluding carboxylic acids is 7. The van der Waals surface area contributed by atoms with E-state index in [9.17, 15) is 33.6 Å². The molecule has 0 aromatic heterocycles. The number of ether oxygens (including phenoxy) is 9. The SMILES string of the molecule is CCC(C)(C)C(=O)OC(C)(C)C1CC2CCC1C2.CCC(C)(C)C(=O)OC(C)C1CCCC1.CCC(C)(C)C(=O)OC(C)OC12CC3CC(CC(C3)C1)C2.CCC(C)(C)C(=O)OC(C)OC1CC2CC1C1C3CCC(C3)C21.CCC(C)(C)C(=O)OC1(C)C2CC3C4CC5CC3C1C(C5)C4C2.CCC(C)(C)C(=O)OC1(C)CC2CC1C1C3CCC(C3)C21.CCC(C)(C)C(=O)OC1(C)CCC23CC1C(C)(C)C2CCC3C. The van der Waals surface area contributed by atoms with Crippen LogP contribution in [0.2, 0.25) is 0 Å². The highest BCUT2D eigenvalue weighted by molar-refractivity contribution is 5.79. The smallest absolute Gasteiger partial charge is 0.313 e. The van der Waals surface area contributed by atoms with Crippen LogP contribution in [0.1, 0.15) is 485 Å². The number of esters is 7.